The molecule has 3 aromatic rings. The number of nitrogens with zero attached hydrogens (tertiary/aromatic N) is 4. The Morgan fingerprint density at radius 2 is 1.90 bits per heavy atom. The quantitative estimate of drug-likeness (QED) is 0.320. The smallest absolute Gasteiger partial charge is 0.481 e. The van der Waals surface area contributed by atoms with Crippen molar-refractivity contribution in [3.63, 3.8) is 0 Å². The summed E-state index contributed by atoms with van der Waals surface area (Å²) >= 11 is 0. The highest BCUT2D eigenvalue weighted by atomic mass is 19.4. The second-order valence-electron chi connectivity index (χ2n) is 8.32. The highest BCUT2D eigenvalue weighted by Gasteiger charge is 2.31. The van der Waals surface area contributed by atoms with Crippen LogP contribution >= 0.6 is 0 Å². The third-order valence-corrected chi connectivity index (χ3v) is 5.43. The minimum Gasteiger partial charge on any atom is -0.481 e. The molecular weight excluding hydrogens is 521 g/mol. The number of aromatic nitrogens is 3. The molecule has 0 unspecified atom stereocenters. The van der Waals surface area contributed by atoms with Gasteiger partial charge in [-0.05, 0) is 50.1 Å². The number of pyridine rings is 1. The molecule has 0 saturated heterocycles. The van der Waals surface area contributed by atoms with Crippen LogP contribution in [-0.4, -0.2) is 45.2 Å². The number of halogens is 3. The largest absolute Gasteiger partial charge is 0.573 e. The number of benzene rings is 1. The average Bonchev–Trinajstić information content (AvgIpc) is 2.88. The lowest BCUT2D eigenvalue weighted by atomic mass is 10.1. The van der Waals surface area contributed by atoms with Crippen LogP contribution < -0.4 is 25.5 Å². The molecule has 0 saturated carbocycles. The molecule has 2 aromatic heterocycles. The van der Waals surface area contributed by atoms with Gasteiger partial charge in [0, 0.05) is 44.1 Å². The summed E-state index contributed by atoms with van der Waals surface area (Å²) in [5.74, 6) is -0.300. The van der Waals surface area contributed by atoms with E-state index in [0.29, 0.717) is 17.0 Å². The van der Waals surface area contributed by atoms with Crippen molar-refractivity contribution in [2.45, 2.75) is 33.2 Å². The fourth-order valence-corrected chi connectivity index (χ4v) is 3.57. The maximum absolute atomic E-state index is 12.9. The lowest BCUT2D eigenvalue weighted by molar-refractivity contribution is -0.274. The van der Waals surface area contributed by atoms with E-state index in [0.717, 1.165) is 21.3 Å². The van der Waals surface area contributed by atoms with E-state index in [1.54, 1.807) is 25.1 Å². The maximum Gasteiger partial charge on any atom is 0.573 e. The van der Waals surface area contributed by atoms with Gasteiger partial charge < -0.3 is 19.3 Å². The van der Waals surface area contributed by atoms with Gasteiger partial charge in [-0.1, -0.05) is 6.07 Å². The van der Waals surface area contributed by atoms with Crippen LogP contribution in [0.25, 0.3) is 6.08 Å². The number of aliphatic hydroxyl groups excluding tert-OH is 1. The average molecular weight is 549 g/mol. The first-order chi connectivity index (χ1) is 18.4. The number of rotatable bonds is 9. The summed E-state index contributed by atoms with van der Waals surface area (Å²) in [4.78, 5) is 34.3. The monoisotopic (exact) mass is 548 g/mol. The standard InChI is InChI=1S/C26H27F3N4O6/c1-16(13-18-9-10-30-21(14-18)37-4)23(38-19-7-5-8-20(15-19)39-26(27,28)29)31-22-17(2)24(35)33(11-6-12-34)25(36)32(22)3/h5,7-10,13-15,34H,6,11-12H2,1-4H3/b16-13-,31-23+. The van der Waals surface area contributed by atoms with Gasteiger partial charge in [0.2, 0.25) is 11.8 Å². The molecule has 208 valence electrons. The van der Waals surface area contributed by atoms with E-state index in [4.69, 9.17) is 14.6 Å². The Morgan fingerprint density at radius 1 is 1.18 bits per heavy atom. The Kier molecular flexibility index (Phi) is 9.30. The van der Waals surface area contributed by atoms with Gasteiger partial charge in [-0.3, -0.25) is 13.9 Å². The molecule has 10 nitrogen and oxygen atoms in total. The van der Waals surface area contributed by atoms with Crippen LogP contribution in [0.5, 0.6) is 17.4 Å². The topological polar surface area (TPSA) is 117 Å². The zero-order chi connectivity index (χ0) is 28.7. The molecule has 0 amide bonds. The number of alkyl halides is 3. The number of aliphatic hydroxyl groups is 1. The third kappa shape index (κ3) is 7.57. The van der Waals surface area contributed by atoms with Gasteiger partial charge in [0.15, 0.2) is 0 Å². The molecule has 0 radical (unpaired) electrons. The van der Waals surface area contributed by atoms with Crippen molar-refractivity contribution in [1.29, 1.82) is 0 Å². The summed E-state index contributed by atoms with van der Waals surface area (Å²) < 4.78 is 55.4. The van der Waals surface area contributed by atoms with Crippen LogP contribution in [0, 0.1) is 6.92 Å². The molecule has 13 heteroatoms. The van der Waals surface area contributed by atoms with Crippen LogP contribution in [0.3, 0.4) is 0 Å². The van der Waals surface area contributed by atoms with Crippen LogP contribution in [0.4, 0.5) is 19.0 Å². The molecule has 0 aliphatic carbocycles. The molecule has 1 aromatic carbocycles. The maximum atomic E-state index is 12.9. The van der Waals surface area contributed by atoms with Crippen LogP contribution in [0.1, 0.15) is 24.5 Å². The molecular formula is C26H27F3N4O6. The highest BCUT2D eigenvalue weighted by Crippen LogP contribution is 2.27. The minimum absolute atomic E-state index is 0.0111. The fourth-order valence-electron chi connectivity index (χ4n) is 3.57. The van der Waals surface area contributed by atoms with Gasteiger partial charge >= 0.3 is 12.1 Å². The molecule has 0 atom stereocenters. The number of hydrogen-bond donors (Lipinski definition) is 1. The summed E-state index contributed by atoms with van der Waals surface area (Å²) in [6.45, 7) is 2.94. The van der Waals surface area contributed by atoms with E-state index >= 15 is 0 Å². The van der Waals surface area contributed by atoms with E-state index < -0.39 is 23.4 Å². The number of ether oxygens (including phenoxy) is 3. The van der Waals surface area contributed by atoms with Gasteiger partial charge in [0.25, 0.3) is 5.56 Å². The van der Waals surface area contributed by atoms with E-state index in [2.05, 4.69) is 14.7 Å². The Bertz CT molecular complexity index is 1470. The second kappa shape index (κ2) is 12.4. The number of hydrogen-bond acceptors (Lipinski definition) is 8. The molecule has 0 fully saturated rings. The highest BCUT2D eigenvalue weighted by molar-refractivity contribution is 6.00. The van der Waals surface area contributed by atoms with Crippen LogP contribution in [0.15, 0.2) is 62.7 Å². The molecule has 0 spiro atoms. The Morgan fingerprint density at radius 3 is 2.56 bits per heavy atom. The zero-order valence-corrected chi connectivity index (χ0v) is 21.7. The number of aliphatic imine (C=N–C) groups is 1. The first kappa shape index (κ1) is 29.2. The van der Waals surface area contributed by atoms with Gasteiger partial charge in [-0.25, -0.2) is 9.78 Å². The summed E-state index contributed by atoms with van der Waals surface area (Å²) in [6.07, 6.45) is -1.51. The van der Waals surface area contributed by atoms with Crippen molar-refractivity contribution in [2.24, 2.45) is 12.0 Å². The van der Waals surface area contributed by atoms with Crippen molar-refractivity contribution in [3.8, 4) is 17.4 Å². The van der Waals surface area contributed by atoms with E-state index in [9.17, 15) is 22.8 Å². The molecule has 0 aliphatic heterocycles. The summed E-state index contributed by atoms with van der Waals surface area (Å²) in [6, 6.07) is 8.19. The summed E-state index contributed by atoms with van der Waals surface area (Å²) in [5, 5.41) is 9.11. The summed E-state index contributed by atoms with van der Waals surface area (Å²) in [7, 11) is 2.88. The van der Waals surface area contributed by atoms with Crippen LogP contribution in [0.2, 0.25) is 0 Å². The first-order valence-corrected chi connectivity index (χ1v) is 11.7. The minimum atomic E-state index is -4.90. The Balaban J connectivity index is 2.16. The van der Waals surface area contributed by atoms with Crippen molar-refractivity contribution in [1.82, 2.24) is 14.1 Å². The predicted molar refractivity (Wildman–Crippen MR) is 138 cm³/mol. The Hall–Kier alpha value is -4.39. The molecule has 0 aliphatic rings. The lowest BCUT2D eigenvalue weighted by Crippen LogP contribution is -2.40. The van der Waals surface area contributed by atoms with Gasteiger partial charge in [-0.15, -0.1) is 13.2 Å². The molecule has 3 rings (SSSR count). The second-order valence-corrected chi connectivity index (χ2v) is 8.32. The number of methoxy groups -OCH3 is 1. The van der Waals surface area contributed by atoms with Gasteiger partial charge in [0.1, 0.15) is 17.3 Å². The van der Waals surface area contributed by atoms with Crippen LogP contribution in [-0.2, 0) is 13.6 Å². The third-order valence-electron chi connectivity index (χ3n) is 5.43. The van der Waals surface area contributed by atoms with Gasteiger partial charge in [-0.2, -0.15) is 4.99 Å². The first-order valence-electron chi connectivity index (χ1n) is 11.7. The molecule has 2 heterocycles. The fraction of sp³-hybridized carbons (Fsp3) is 0.308. The lowest BCUT2D eigenvalue weighted by Gasteiger charge is -2.15. The van der Waals surface area contributed by atoms with E-state index in [1.807, 2.05) is 0 Å². The summed E-state index contributed by atoms with van der Waals surface area (Å²) in [5.41, 5.74) is -0.0656. The van der Waals surface area contributed by atoms with E-state index in [1.165, 1.54) is 39.4 Å². The van der Waals surface area contributed by atoms with Crippen molar-refractivity contribution < 1.29 is 32.5 Å². The van der Waals surface area contributed by atoms with Crippen molar-refractivity contribution in [3.05, 3.63) is 80.1 Å². The molecule has 0 bridgehead atoms. The Labute approximate surface area is 221 Å². The van der Waals surface area contributed by atoms with E-state index in [-0.39, 0.29) is 42.6 Å². The normalized spacial score (nSPS) is 12.4. The molecule has 39 heavy (non-hydrogen) atoms. The zero-order valence-electron chi connectivity index (χ0n) is 21.7. The van der Waals surface area contributed by atoms with Crippen molar-refractivity contribution in [2.75, 3.05) is 13.7 Å². The van der Waals surface area contributed by atoms with Crippen molar-refractivity contribution >= 4 is 17.8 Å². The SMILES string of the molecule is COc1cc(/C=C(C)\C(=N/c2c(C)c(=O)n(CCCO)c(=O)n2C)Oc2cccc(OC(F)(F)F)c2)ccn1. The molecule has 1 N–H and O–H groups in total. The predicted octanol–water partition coefficient (Wildman–Crippen LogP) is 3.75. The van der Waals surface area contributed by atoms with Gasteiger partial charge in [0.05, 0.1) is 12.7 Å².